The van der Waals surface area contributed by atoms with Crippen LogP contribution in [0.15, 0.2) is 42.5 Å². The van der Waals surface area contributed by atoms with Crippen molar-refractivity contribution in [1.29, 1.82) is 0 Å². The van der Waals surface area contributed by atoms with Crippen molar-refractivity contribution in [2.24, 2.45) is 0 Å². The summed E-state index contributed by atoms with van der Waals surface area (Å²) < 4.78 is 13.2. The number of hydrogen-bond acceptors (Lipinski definition) is 1. The number of carbonyl (C=O) groups excluding carboxylic acids is 1. The summed E-state index contributed by atoms with van der Waals surface area (Å²) in [5.74, 6) is -0.303. The molecule has 0 amide bonds. The smallest absolute Gasteiger partial charge is 0.160 e. The van der Waals surface area contributed by atoms with Gasteiger partial charge in [0.1, 0.15) is 5.82 Å². The molecule has 2 aromatic carbocycles. The van der Waals surface area contributed by atoms with Gasteiger partial charge in [-0.15, -0.1) is 0 Å². The summed E-state index contributed by atoms with van der Waals surface area (Å²) >= 11 is 0. The van der Waals surface area contributed by atoms with Crippen LogP contribution in [-0.2, 0) is 0 Å². The Labute approximate surface area is 99.9 Å². The second-order valence-electron chi connectivity index (χ2n) is 4.12. The molecule has 0 bridgehead atoms. The molecule has 0 saturated carbocycles. The van der Waals surface area contributed by atoms with Crippen molar-refractivity contribution in [3.63, 3.8) is 0 Å². The van der Waals surface area contributed by atoms with Gasteiger partial charge in [0.05, 0.1) is 0 Å². The van der Waals surface area contributed by atoms with E-state index in [0.29, 0.717) is 5.56 Å². The van der Waals surface area contributed by atoms with E-state index in [0.717, 1.165) is 16.7 Å². The van der Waals surface area contributed by atoms with Crippen LogP contribution in [0.5, 0.6) is 0 Å². The summed E-state index contributed by atoms with van der Waals surface area (Å²) in [6, 6.07) is 11.9. The van der Waals surface area contributed by atoms with Crippen LogP contribution in [0.1, 0.15) is 22.8 Å². The maximum atomic E-state index is 13.2. The highest BCUT2D eigenvalue weighted by atomic mass is 19.1. The zero-order valence-corrected chi connectivity index (χ0v) is 9.83. The van der Waals surface area contributed by atoms with E-state index < -0.39 is 0 Å². The van der Waals surface area contributed by atoms with Gasteiger partial charge >= 0.3 is 0 Å². The van der Waals surface area contributed by atoms with E-state index in [4.69, 9.17) is 0 Å². The van der Waals surface area contributed by atoms with E-state index in [1.807, 2.05) is 25.1 Å². The molecule has 0 aliphatic carbocycles. The van der Waals surface area contributed by atoms with E-state index >= 15 is 0 Å². The molecule has 2 rings (SSSR count). The van der Waals surface area contributed by atoms with Crippen molar-refractivity contribution in [3.05, 3.63) is 59.4 Å². The molecule has 1 nitrogen and oxygen atoms in total. The number of hydrogen-bond donors (Lipinski definition) is 0. The lowest BCUT2D eigenvalue weighted by atomic mass is 9.95. The molecule has 0 N–H and O–H groups in total. The first-order chi connectivity index (χ1) is 8.08. The van der Waals surface area contributed by atoms with Crippen molar-refractivity contribution in [2.75, 3.05) is 0 Å². The SMILES string of the molecule is CC(=O)c1ccc(C)cc1-c1cccc(F)c1. The van der Waals surface area contributed by atoms with Gasteiger partial charge in [-0.2, -0.15) is 0 Å². The number of aryl methyl sites for hydroxylation is 1. The second kappa shape index (κ2) is 4.50. The van der Waals surface area contributed by atoms with E-state index in [1.54, 1.807) is 12.1 Å². The topological polar surface area (TPSA) is 17.1 Å². The number of ketones is 1. The minimum absolute atomic E-state index is 0.00994. The molecular weight excluding hydrogens is 215 g/mol. The molecule has 0 spiro atoms. The van der Waals surface area contributed by atoms with E-state index in [2.05, 4.69) is 0 Å². The van der Waals surface area contributed by atoms with Crippen molar-refractivity contribution in [3.8, 4) is 11.1 Å². The van der Waals surface area contributed by atoms with Crippen LogP contribution in [0.3, 0.4) is 0 Å². The molecule has 2 heteroatoms. The average Bonchev–Trinajstić information content (AvgIpc) is 2.28. The highest BCUT2D eigenvalue weighted by Crippen LogP contribution is 2.26. The normalized spacial score (nSPS) is 10.3. The second-order valence-corrected chi connectivity index (χ2v) is 4.12. The highest BCUT2D eigenvalue weighted by molar-refractivity contribution is 6.00. The van der Waals surface area contributed by atoms with E-state index in [-0.39, 0.29) is 11.6 Å². The monoisotopic (exact) mass is 228 g/mol. The molecule has 0 aliphatic rings. The highest BCUT2D eigenvalue weighted by Gasteiger charge is 2.09. The Bertz CT molecular complexity index is 573. The predicted molar refractivity (Wildman–Crippen MR) is 66.6 cm³/mol. The van der Waals surface area contributed by atoms with Crippen molar-refractivity contribution in [1.82, 2.24) is 0 Å². The van der Waals surface area contributed by atoms with Crippen LogP contribution in [0, 0.1) is 12.7 Å². The first-order valence-corrected chi connectivity index (χ1v) is 5.45. The first-order valence-electron chi connectivity index (χ1n) is 5.45. The number of carbonyl (C=O) groups is 1. The lowest BCUT2D eigenvalue weighted by Crippen LogP contribution is -1.96. The van der Waals surface area contributed by atoms with Gasteiger partial charge in [-0.05, 0) is 37.1 Å². The van der Waals surface area contributed by atoms with Gasteiger partial charge < -0.3 is 0 Å². The van der Waals surface area contributed by atoms with Crippen molar-refractivity contribution < 1.29 is 9.18 Å². The predicted octanol–water partition coefficient (Wildman–Crippen LogP) is 4.00. The number of rotatable bonds is 2. The zero-order chi connectivity index (χ0) is 12.4. The van der Waals surface area contributed by atoms with Crippen LogP contribution in [0.4, 0.5) is 4.39 Å². The van der Waals surface area contributed by atoms with Gasteiger partial charge in [0, 0.05) is 5.56 Å². The fraction of sp³-hybridized carbons (Fsp3) is 0.133. The lowest BCUT2D eigenvalue weighted by molar-refractivity contribution is 0.101. The molecule has 0 unspecified atom stereocenters. The fourth-order valence-corrected chi connectivity index (χ4v) is 1.86. The van der Waals surface area contributed by atoms with E-state index in [9.17, 15) is 9.18 Å². The minimum Gasteiger partial charge on any atom is -0.294 e. The van der Waals surface area contributed by atoms with Crippen LogP contribution >= 0.6 is 0 Å². The summed E-state index contributed by atoms with van der Waals surface area (Å²) in [5, 5.41) is 0. The summed E-state index contributed by atoms with van der Waals surface area (Å²) in [5.41, 5.74) is 3.20. The molecule has 0 atom stereocenters. The Morgan fingerprint density at radius 2 is 1.88 bits per heavy atom. The van der Waals surface area contributed by atoms with Crippen molar-refractivity contribution in [2.45, 2.75) is 13.8 Å². The number of benzene rings is 2. The third-order valence-corrected chi connectivity index (χ3v) is 2.69. The Hall–Kier alpha value is -1.96. The van der Waals surface area contributed by atoms with Gasteiger partial charge in [-0.3, -0.25) is 4.79 Å². The molecule has 0 radical (unpaired) electrons. The third-order valence-electron chi connectivity index (χ3n) is 2.69. The van der Waals surface area contributed by atoms with Crippen LogP contribution in [-0.4, -0.2) is 5.78 Å². The Morgan fingerprint density at radius 1 is 1.12 bits per heavy atom. The van der Waals surface area contributed by atoms with Crippen LogP contribution < -0.4 is 0 Å². The van der Waals surface area contributed by atoms with Gasteiger partial charge in [-0.1, -0.05) is 35.9 Å². The maximum Gasteiger partial charge on any atom is 0.160 e. The Morgan fingerprint density at radius 3 is 2.53 bits per heavy atom. The summed E-state index contributed by atoms with van der Waals surface area (Å²) in [7, 11) is 0. The lowest BCUT2D eigenvalue weighted by Gasteiger charge is -2.08. The first kappa shape index (κ1) is 11.5. The molecule has 0 saturated heterocycles. The quantitative estimate of drug-likeness (QED) is 0.710. The van der Waals surface area contributed by atoms with Crippen LogP contribution in [0.2, 0.25) is 0 Å². The van der Waals surface area contributed by atoms with Gasteiger partial charge in [0.2, 0.25) is 0 Å². The van der Waals surface area contributed by atoms with E-state index in [1.165, 1.54) is 19.1 Å². The molecule has 0 fully saturated rings. The Balaban J connectivity index is 2.65. The summed E-state index contributed by atoms with van der Waals surface area (Å²) in [4.78, 5) is 11.5. The number of Topliss-reactive ketones (excluding diaryl/α,β-unsaturated/α-hetero) is 1. The fourth-order valence-electron chi connectivity index (χ4n) is 1.86. The van der Waals surface area contributed by atoms with Crippen LogP contribution in [0.25, 0.3) is 11.1 Å². The largest absolute Gasteiger partial charge is 0.294 e. The number of halogens is 1. The molecule has 0 aromatic heterocycles. The minimum atomic E-state index is -0.293. The van der Waals surface area contributed by atoms with Crippen molar-refractivity contribution >= 4 is 5.78 Å². The maximum absolute atomic E-state index is 13.2. The summed E-state index contributed by atoms with van der Waals surface area (Å²) in [6.07, 6.45) is 0. The van der Waals surface area contributed by atoms with Gasteiger partial charge in [0.25, 0.3) is 0 Å². The average molecular weight is 228 g/mol. The van der Waals surface area contributed by atoms with Gasteiger partial charge in [-0.25, -0.2) is 4.39 Å². The van der Waals surface area contributed by atoms with Gasteiger partial charge in [0.15, 0.2) is 5.78 Å². The standard InChI is InChI=1S/C15H13FO/c1-10-6-7-14(11(2)17)15(8-10)12-4-3-5-13(16)9-12/h3-9H,1-2H3. The molecular formula is C15H13FO. The molecule has 17 heavy (non-hydrogen) atoms. The Kier molecular flexibility index (Phi) is 3.05. The molecule has 86 valence electrons. The molecule has 0 aliphatic heterocycles. The molecule has 2 aromatic rings. The third kappa shape index (κ3) is 2.41. The summed E-state index contributed by atoms with van der Waals surface area (Å²) in [6.45, 7) is 3.47. The molecule has 0 heterocycles. The zero-order valence-electron chi connectivity index (χ0n) is 9.83.